The summed E-state index contributed by atoms with van der Waals surface area (Å²) in [7, 11) is 0. The first-order chi connectivity index (χ1) is 6.40. The van der Waals surface area contributed by atoms with Gasteiger partial charge in [0.15, 0.2) is 0 Å². The Labute approximate surface area is 86.7 Å². The Morgan fingerprint density at radius 1 is 1.29 bits per heavy atom. The molecule has 0 aromatic heterocycles. The Bertz CT molecular complexity index is 201. The van der Waals surface area contributed by atoms with Gasteiger partial charge in [-0.2, -0.15) is 0 Å². The van der Waals surface area contributed by atoms with Crippen LogP contribution in [-0.4, -0.2) is 23.1 Å². The van der Waals surface area contributed by atoms with E-state index in [9.17, 15) is 4.79 Å². The van der Waals surface area contributed by atoms with Crippen LogP contribution in [0.25, 0.3) is 0 Å². The highest BCUT2D eigenvalue weighted by Gasteiger charge is 2.19. The van der Waals surface area contributed by atoms with Gasteiger partial charge in [-0.3, -0.25) is 0 Å². The molecule has 0 atom stereocenters. The molecule has 0 aliphatic carbocycles. The van der Waals surface area contributed by atoms with Crippen molar-refractivity contribution in [2.24, 2.45) is 0 Å². The van der Waals surface area contributed by atoms with Crippen molar-refractivity contribution in [3.05, 3.63) is 12.2 Å². The van der Waals surface area contributed by atoms with Gasteiger partial charge in [-0.25, -0.2) is 4.79 Å². The van der Waals surface area contributed by atoms with Gasteiger partial charge in [0.05, 0.1) is 0 Å². The summed E-state index contributed by atoms with van der Waals surface area (Å²) in [4.78, 5) is 16.7. The molecule has 0 unspecified atom stereocenters. The van der Waals surface area contributed by atoms with Gasteiger partial charge in [0.25, 0.3) is 0 Å². The molecule has 0 fully saturated rings. The van der Waals surface area contributed by atoms with Gasteiger partial charge in [-0.1, -0.05) is 13.5 Å². The largest absolute Gasteiger partial charge is 0.364 e. The molecule has 0 rings (SSSR count). The highest BCUT2D eigenvalue weighted by Crippen LogP contribution is 2.09. The number of hydrogen-bond donors (Lipinski definition) is 0. The first-order valence-electron chi connectivity index (χ1n) is 5.08. The van der Waals surface area contributed by atoms with E-state index in [1.165, 1.54) is 0 Å². The van der Waals surface area contributed by atoms with E-state index in [1.807, 2.05) is 34.6 Å². The molecular weight excluding hydrogens is 178 g/mol. The first-order valence-corrected chi connectivity index (χ1v) is 5.08. The van der Waals surface area contributed by atoms with E-state index in [-0.39, 0.29) is 18.1 Å². The summed E-state index contributed by atoms with van der Waals surface area (Å²) in [6.07, 6.45) is 0.628. The summed E-state index contributed by atoms with van der Waals surface area (Å²) in [5.74, 6) is -0.324. The molecule has 0 aliphatic heterocycles. The first kappa shape index (κ1) is 13.2. The number of nitrogens with zero attached hydrogens (tertiary/aromatic N) is 1. The maximum Gasteiger partial charge on any atom is 0.352 e. The molecule has 0 amide bonds. The quantitative estimate of drug-likeness (QED) is 0.503. The molecule has 0 heterocycles. The lowest BCUT2D eigenvalue weighted by atomic mass is 10.2. The molecular formula is C11H21NO2. The van der Waals surface area contributed by atoms with Gasteiger partial charge >= 0.3 is 5.97 Å². The van der Waals surface area contributed by atoms with Gasteiger partial charge in [-0.15, -0.1) is 5.06 Å². The Kier molecular flexibility index (Phi) is 5.46. The summed E-state index contributed by atoms with van der Waals surface area (Å²) in [6.45, 7) is 13.5. The average molecular weight is 199 g/mol. The van der Waals surface area contributed by atoms with Gasteiger partial charge in [0.1, 0.15) is 0 Å². The minimum atomic E-state index is -0.324. The summed E-state index contributed by atoms with van der Waals surface area (Å²) in [5.41, 5.74) is 0.510. The van der Waals surface area contributed by atoms with E-state index in [2.05, 4.69) is 6.58 Å². The van der Waals surface area contributed by atoms with Gasteiger partial charge < -0.3 is 4.84 Å². The number of hydroxylamine groups is 2. The smallest absolute Gasteiger partial charge is 0.352 e. The van der Waals surface area contributed by atoms with Crippen molar-refractivity contribution in [1.29, 1.82) is 0 Å². The second-order valence-corrected chi connectivity index (χ2v) is 3.88. The Morgan fingerprint density at radius 3 is 2.00 bits per heavy atom. The number of rotatable bonds is 5. The standard InChI is InChI=1S/C11H21NO2/c1-7-10(6)11(13)14-12(8(2)3)9(4)5/h8-9H,6-7H2,1-5H3. The lowest BCUT2D eigenvalue weighted by Gasteiger charge is -2.28. The van der Waals surface area contributed by atoms with Crippen LogP contribution < -0.4 is 0 Å². The molecule has 0 aromatic rings. The summed E-state index contributed by atoms with van der Waals surface area (Å²) in [6, 6.07) is 0.368. The molecule has 0 saturated carbocycles. The molecule has 0 saturated heterocycles. The van der Waals surface area contributed by atoms with Crippen LogP contribution in [0.3, 0.4) is 0 Å². The van der Waals surface area contributed by atoms with E-state index in [0.717, 1.165) is 0 Å². The molecule has 0 spiro atoms. The van der Waals surface area contributed by atoms with E-state index in [4.69, 9.17) is 4.84 Å². The van der Waals surface area contributed by atoms with E-state index in [0.29, 0.717) is 12.0 Å². The van der Waals surface area contributed by atoms with Crippen molar-refractivity contribution in [2.75, 3.05) is 0 Å². The van der Waals surface area contributed by atoms with Crippen LogP contribution in [0.1, 0.15) is 41.0 Å². The molecule has 0 bridgehead atoms. The van der Waals surface area contributed by atoms with Crippen LogP contribution in [-0.2, 0) is 9.63 Å². The third-order valence-electron chi connectivity index (χ3n) is 1.92. The second kappa shape index (κ2) is 5.81. The Morgan fingerprint density at radius 2 is 1.71 bits per heavy atom. The van der Waals surface area contributed by atoms with Gasteiger partial charge in [0.2, 0.25) is 0 Å². The molecule has 0 N–H and O–H groups in total. The fraction of sp³-hybridized carbons (Fsp3) is 0.727. The van der Waals surface area contributed by atoms with Crippen molar-refractivity contribution in [3.8, 4) is 0 Å². The lowest BCUT2D eigenvalue weighted by Crippen LogP contribution is -2.39. The number of carbonyl (C=O) groups is 1. The van der Waals surface area contributed by atoms with Crippen molar-refractivity contribution < 1.29 is 9.63 Å². The van der Waals surface area contributed by atoms with Gasteiger partial charge in [0, 0.05) is 17.7 Å². The Balaban J connectivity index is 4.31. The second-order valence-electron chi connectivity index (χ2n) is 3.88. The zero-order valence-corrected chi connectivity index (χ0v) is 9.83. The van der Waals surface area contributed by atoms with Crippen molar-refractivity contribution in [3.63, 3.8) is 0 Å². The Hall–Kier alpha value is -0.830. The van der Waals surface area contributed by atoms with Crippen molar-refractivity contribution in [1.82, 2.24) is 5.06 Å². The summed E-state index contributed by atoms with van der Waals surface area (Å²) >= 11 is 0. The van der Waals surface area contributed by atoms with Crippen LogP contribution in [0.5, 0.6) is 0 Å². The van der Waals surface area contributed by atoms with Crippen LogP contribution in [0.2, 0.25) is 0 Å². The van der Waals surface area contributed by atoms with Crippen LogP contribution in [0.15, 0.2) is 12.2 Å². The predicted molar refractivity (Wildman–Crippen MR) is 57.6 cm³/mol. The molecule has 0 aliphatic rings. The maximum absolute atomic E-state index is 11.4. The minimum absolute atomic E-state index is 0.184. The highest BCUT2D eigenvalue weighted by molar-refractivity contribution is 5.87. The van der Waals surface area contributed by atoms with Crippen LogP contribution in [0.4, 0.5) is 0 Å². The summed E-state index contributed by atoms with van der Waals surface area (Å²) in [5, 5.41) is 1.68. The van der Waals surface area contributed by atoms with E-state index < -0.39 is 0 Å². The zero-order chi connectivity index (χ0) is 11.3. The van der Waals surface area contributed by atoms with Crippen molar-refractivity contribution >= 4 is 5.97 Å². The molecule has 14 heavy (non-hydrogen) atoms. The topological polar surface area (TPSA) is 29.5 Å². The number of carbonyl (C=O) groups excluding carboxylic acids is 1. The summed E-state index contributed by atoms with van der Waals surface area (Å²) < 4.78 is 0. The van der Waals surface area contributed by atoms with Crippen LogP contribution in [0, 0.1) is 0 Å². The highest BCUT2D eigenvalue weighted by atomic mass is 16.7. The zero-order valence-electron chi connectivity index (χ0n) is 9.83. The van der Waals surface area contributed by atoms with E-state index >= 15 is 0 Å². The molecule has 3 heteroatoms. The van der Waals surface area contributed by atoms with Gasteiger partial charge in [-0.05, 0) is 34.1 Å². The monoisotopic (exact) mass is 199 g/mol. The normalized spacial score (nSPS) is 11.1. The maximum atomic E-state index is 11.4. The van der Waals surface area contributed by atoms with E-state index in [1.54, 1.807) is 5.06 Å². The third kappa shape index (κ3) is 3.92. The predicted octanol–water partition coefficient (Wildman–Crippen LogP) is 2.53. The fourth-order valence-corrected chi connectivity index (χ4v) is 1.11. The molecule has 82 valence electrons. The molecule has 3 nitrogen and oxygen atoms in total. The number of hydrogen-bond acceptors (Lipinski definition) is 3. The SMILES string of the molecule is C=C(CC)C(=O)ON(C(C)C)C(C)C. The van der Waals surface area contributed by atoms with Crippen molar-refractivity contribution in [2.45, 2.75) is 53.1 Å². The lowest BCUT2D eigenvalue weighted by molar-refractivity contribution is -0.204. The molecule has 0 radical (unpaired) electrons. The third-order valence-corrected chi connectivity index (χ3v) is 1.92. The fourth-order valence-electron chi connectivity index (χ4n) is 1.11. The minimum Gasteiger partial charge on any atom is -0.364 e. The van der Waals surface area contributed by atoms with Crippen LogP contribution >= 0.6 is 0 Å². The molecule has 0 aromatic carbocycles. The average Bonchev–Trinajstić information content (AvgIpc) is 2.11.